The summed E-state index contributed by atoms with van der Waals surface area (Å²) in [6.07, 6.45) is 5.88. The summed E-state index contributed by atoms with van der Waals surface area (Å²) in [6, 6.07) is 3.47. The van der Waals surface area contributed by atoms with Crippen molar-refractivity contribution in [3.8, 4) is 5.75 Å². The number of aliphatic hydroxyl groups is 1. The lowest BCUT2D eigenvalue weighted by molar-refractivity contribution is -0.902. The predicted octanol–water partition coefficient (Wildman–Crippen LogP) is 1.26. The molecule has 3 heterocycles. The number of nitrogens with zero attached hydrogens (tertiary/aromatic N) is 3. The Kier molecular flexibility index (Phi) is 2.75. The summed E-state index contributed by atoms with van der Waals surface area (Å²) in [5, 5.41) is 30.7. The Morgan fingerprint density at radius 3 is 2.78 bits per heavy atom. The van der Waals surface area contributed by atoms with Crippen molar-refractivity contribution >= 4 is 16.7 Å². The van der Waals surface area contributed by atoms with E-state index in [0.29, 0.717) is 28.0 Å². The number of benzene rings is 1. The maximum absolute atomic E-state index is 12.2. The van der Waals surface area contributed by atoms with Gasteiger partial charge in [0.25, 0.3) is 0 Å². The van der Waals surface area contributed by atoms with Crippen molar-refractivity contribution in [1.29, 1.82) is 0 Å². The van der Waals surface area contributed by atoms with Gasteiger partial charge in [-0.15, -0.1) is 0 Å². The van der Waals surface area contributed by atoms with Crippen LogP contribution < -0.4 is 9.91 Å². The fourth-order valence-corrected chi connectivity index (χ4v) is 2.68. The third-order valence-electron chi connectivity index (χ3n) is 3.64. The molecule has 23 heavy (non-hydrogen) atoms. The molecular formula is C15H14N4O4. The van der Waals surface area contributed by atoms with Crippen LogP contribution in [-0.4, -0.2) is 26.0 Å². The zero-order valence-corrected chi connectivity index (χ0v) is 12.5. The van der Waals surface area contributed by atoms with Crippen LogP contribution in [0.2, 0.25) is 0 Å². The number of rotatable bonds is 1. The Morgan fingerprint density at radius 2 is 2.00 bits per heavy atom. The summed E-state index contributed by atoms with van der Waals surface area (Å²) in [5.74, 6) is 0.575. The number of aliphatic hydroxyl groups excluding tert-OH is 1. The number of ether oxygens (including phenoxy) is 1. The summed E-state index contributed by atoms with van der Waals surface area (Å²) in [6.45, 7) is 3.77. The Hall–Kier alpha value is -2.84. The number of allylic oxidation sites excluding steroid dienone is 1. The van der Waals surface area contributed by atoms with Crippen LogP contribution in [0.25, 0.3) is 16.7 Å². The van der Waals surface area contributed by atoms with E-state index in [1.807, 2.05) is 19.9 Å². The van der Waals surface area contributed by atoms with Gasteiger partial charge in [-0.3, -0.25) is 0 Å². The van der Waals surface area contributed by atoms with Gasteiger partial charge in [-0.25, -0.2) is 9.80 Å². The molecule has 2 aromatic rings. The van der Waals surface area contributed by atoms with E-state index in [2.05, 4.69) is 10.3 Å². The Balaban J connectivity index is 1.91. The molecule has 0 aliphatic carbocycles. The van der Waals surface area contributed by atoms with Crippen molar-refractivity contribution in [3.63, 3.8) is 0 Å². The molecule has 1 aromatic carbocycles. The minimum Gasteiger partial charge on any atom is -0.603 e. The molecule has 0 saturated carbocycles. The van der Waals surface area contributed by atoms with E-state index < -0.39 is 5.60 Å². The van der Waals surface area contributed by atoms with Gasteiger partial charge in [0.2, 0.25) is 0 Å². The largest absolute Gasteiger partial charge is 0.603 e. The molecule has 1 unspecified atom stereocenters. The van der Waals surface area contributed by atoms with Crippen LogP contribution in [0.4, 0.5) is 0 Å². The Bertz CT molecular complexity index is 881. The standard InChI is InChI=1S/C15H14N4O4/c1-15(2)7-13(18-8-9(20)3-4-19(18)21)10-5-11-12(17-23-16-11)6-14(10)22-15/h3-8,19-20H,1-2H3. The highest BCUT2D eigenvalue weighted by Gasteiger charge is 2.32. The molecule has 0 fully saturated rings. The van der Waals surface area contributed by atoms with Gasteiger partial charge in [0.15, 0.2) is 0 Å². The van der Waals surface area contributed by atoms with Crippen molar-refractivity contribution < 1.29 is 19.6 Å². The highest BCUT2D eigenvalue weighted by molar-refractivity contribution is 5.84. The average molecular weight is 314 g/mol. The SMILES string of the molecule is CC1(C)C=C(N2C=C(O)C=C[NH+]2[O-])c2cc3nonc3cc2O1. The number of fused-ring (bicyclic) bond motifs is 2. The fourth-order valence-electron chi connectivity index (χ4n) is 2.68. The van der Waals surface area contributed by atoms with Crippen molar-refractivity contribution in [1.82, 2.24) is 15.3 Å². The molecule has 2 aliphatic heterocycles. The van der Waals surface area contributed by atoms with Gasteiger partial charge in [0.1, 0.15) is 46.2 Å². The van der Waals surface area contributed by atoms with Gasteiger partial charge in [-0.2, -0.15) is 5.01 Å². The Labute approximate surface area is 131 Å². The molecule has 0 radical (unpaired) electrons. The van der Waals surface area contributed by atoms with Crippen molar-refractivity contribution in [2.75, 3.05) is 0 Å². The second kappa shape index (κ2) is 4.58. The number of aromatic nitrogens is 2. The van der Waals surface area contributed by atoms with Crippen LogP contribution in [0.5, 0.6) is 5.75 Å². The molecule has 1 atom stereocenters. The van der Waals surface area contributed by atoms with E-state index in [9.17, 15) is 10.3 Å². The molecule has 0 bridgehead atoms. The lowest BCUT2D eigenvalue weighted by Crippen LogP contribution is -3.08. The second-order valence-electron chi connectivity index (χ2n) is 5.93. The van der Waals surface area contributed by atoms with E-state index in [0.717, 1.165) is 0 Å². The van der Waals surface area contributed by atoms with Gasteiger partial charge < -0.3 is 15.1 Å². The summed E-state index contributed by atoms with van der Waals surface area (Å²) in [5.41, 5.74) is 1.80. The summed E-state index contributed by atoms with van der Waals surface area (Å²) in [4.78, 5) is 0. The quantitative estimate of drug-likeness (QED) is 0.764. The minimum absolute atomic E-state index is 0.000490. The van der Waals surface area contributed by atoms with Crippen LogP contribution in [0, 0.1) is 5.21 Å². The highest BCUT2D eigenvalue weighted by atomic mass is 16.6. The molecular weight excluding hydrogens is 300 g/mol. The number of nitrogens with one attached hydrogen (secondary N) is 1. The molecule has 0 amide bonds. The number of quaternary nitrogens is 1. The molecule has 1 aromatic heterocycles. The molecule has 8 heteroatoms. The highest BCUT2D eigenvalue weighted by Crippen LogP contribution is 2.39. The summed E-state index contributed by atoms with van der Waals surface area (Å²) < 4.78 is 10.7. The zero-order chi connectivity index (χ0) is 16.2. The van der Waals surface area contributed by atoms with Gasteiger partial charge in [0, 0.05) is 17.7 Å². The number of hydroxylamine groups is 1. The molecule has 0 saturated heterocycles. The van der Waals surface area contributed by atoms with Crippen molar-refractivity contribution in [3.05, 3.63) is 53.2 Å². The lowest BCUT2D eigenvalue weighted by atomic mass is 9.98. The summed E-state index contributed by atoms with van der Waals surface area (Å²) in [7, 11) is 0. The number of hydrogen-bond acceptors (Lipinski definition) is 7. The van der Waals surface area contributed by atoms with Crippen LogP contribution >= 0.6 is 0 Å². The van der Waals surface area contributed by atoms with Gasteiger partial charge in [-0.05, 0) is 36.3 Å². The maximum Gasteiger partial charge on any atom is 0.142 e. The molecule has 2 N–H and O–H groups in total. The maximum atomic E-state index is 12.2. The van der Waals surface area contributed by atoms with Gasteiger partial charge >= 0.3 is 0 Å². The Morgan fingerprint density at radius 1 is 1.26 bits per heavy atom. The first-order chi connectivity index (χ1) is 10.9. The van der Waals surface area contributed by atoms with E-state index in [1.54, 1.807) is 12.1 Å². The van der Waals surface area contributed by atoms with Crippen LogP contribution in [-0.2, 0) is 0 Å². The van der Waals surface area contributed by atoms with Gasteiger partial charge in [-0.1, -0.05) is 0 Å². The fraction of sp³-hybridized carbons (Fsp3) is 0.200. The lowest BCUT2D eigenvalue weighted by Gasteiger charge is -2.38. The topological polar surface area (TPSA) is 99.1 Å². The first-order valence-electron chi connectivity index (χ1n) is 7.04. The van der Waals surface area contributed by atoms with Gasteiger partial charge in [0.05, 0.1) is 0 Å². The smallest absolute Gasteiger partial charge is 0.142 e. The van der Waals surface area contributed by atoms with E-state index >= 15 is 0 Å². The van der Waals surface area contributed by atoms with E-state index in [4.69, 9.17) is 9.37 Å². The first kappa shape index (κ1) is 13.8. The van der Waals surface area contributed by atoms with Crippen LogP contribution in [0.15, 0.2) is 47.1 Å². The van der Waals surface area contributed by atoms with Crippen molar-refractivity contribution in [2.45, 2.75) is 19.4 Å². The second-order valence-corrected chi connectivity index (χ2v) is 5.93. The molecule has 0 spiro atoms. The molecule has 118 valence electrons. The first-order valence-corrected chi connectivity index (χ1v) is 7.04. The normalized spacial score (nSPS) is 22.4. The third kappa shape index (κ3) is 2.24. The van der Waals surface area contributed by atoms with Crippen LogP contribution in [0.3, 0.4) is 0 Å². The van der Waals surface area contributed by atoms with E-state index in [-0.39, 0.29) is 10.9 Å². The number of hydrogen-bond donors (Lipinski definition) is 2. The molecule has 2 aliphatic rings. The minimum atomic E-state index is -0.627. The molecule has 4 rings (SSSR count). The average Bonchev–Trinajstić information content (AvgIpc) is 2.93. The zero-order valence-electron chi connectivity index (χ0n) is 12.5. The van der Waals surface area contributed by atoms with E-state index in [1.165, 1.54) is 23.5 Å². The van der Waals surface area contributed by atoms with Crippen LogP contribution in [0.1, 0.15) is 19.4 Å². The molecule has 8 nitrogen and oxygen atoms in total. The summed E-state index contributed by atoms with van der Waals surface area (Å²) >= 11 is 0. The van der Waals surface area contributed by atoms with Crippen molar-refractivity contribution in [2.24, 2.45) is 0 Å². The monoisotopic (exact) mass is 314 g/mol. The predicted molar refractivity (Wildman–Crippen MR) is 80.5 cm³/mol. The third-order valence-corrected chi connectivity index (χ3v) is 3.64.